The Balaban J connectivity index is 1.51. The van der Waals surface area contributed by atoms with E-state index in [1.165, 1.54) is 0 Å². The normalized spacial score (nSPS) is 19.4. The smallest absolute Gasteiger partial charge is 0.331 e. The molecule has 0 unspecified atom stereocenters. The zero-order valence-electron chi connectivity index (χ0n) is 24.1. The number of urea groups is 1. The first kappa shape index (κ1) is 29.3. The summed E-state index contributed by atoms with van der Waals surface area (Å²) >= 11 is 0. The number of hydrazine groups is 1. The molecule has 2 aliphatic rings. The second kappa shape index (κ2) is 11.6. The number of carbonyl (C=O) groups is 3. The van der Waals surface area contributed by atoms with Crippen LogP contribution >= 0.6 is 0 Å². The highest BCUT2D eigenvalue weighted by molar-refractivity contribution is 7.92. The lowest BCUT2D eigenvalue weighted by Gasteiger charge is -2.47. The summed E-state index contributed by atoms with van der Waals surface area (Å²) in [6.45, 7) is 4.32. The highest BCUT2D eigenvalue weighted by Gasteiger charge is 2.52. The van der Waals surface area contributed by atoms with Gasteiger partial charge in [0.1, 0.15) is 12.2 Å². The first-order chi connectivity index (χ1) is 20.0. The summed E-state index contributed by atoms with van der Waals surface area (Å²) in [7, 11) is -1.88. The van der Waals surface area contributed by atoms with Gasteiger partial charge in [-0.2, -0.15) is 5.01 Å². The number of sulfonamides is 1. The number of hydrogen-bond donors (Lipinski definition) is 2. The van der Waals surface area contributed by atoms with E-state index in [0.717, 1.165) is 28.2 Å². The molecule has 0 spiro atoms. The average molecular weight is 593 g/mol. The summed E-state index contributed by atoms with van der Waals surface area (Å²) in [5.41, 5.74) is 2.18. The van der Waals surface area contributed by atoms with E-state index in [9.17, 15) is 22.8 Å². The van der Waals surface area contributed by atoms with Crippen LogP contribution in [0, 0.1) is 0 Å². The van der Waals surface area contributed by atoms with Gasteiger partial charge in [-0.3, -0.25) is 19.3 Å². The van der Waals surface area contributed by atoms with Crippen molar-refractivity contribution >= 4 is 44.3 Å². The molecule has 3 aromatic rings. The monoisotopic (exact) mass is 592 g/mol. The summed E-state index contributed by atoms with van der Waals surface area (Å²) in [5.74, 6) is -0.406. The lowest BCUT2D eigenvalue weighted by Crippen LogP contribution is -2.66. The third-order valence-corrected chi connectivity index (χ3v) is 8.29. The Morgan fingerprint density at radius 3 is 2.38 bits per heavy atom. The number of fused-ring (bicyclic) bond motifs is 2. The highest BCUT2D eigenvalue weighted by atomic mass is 32.2. The zero-order chi connectivity index (χ0) is 30.2. The van der Waals surface area contributed by atoms with E-state index in [4.69, 9.17) is 0 Å². The van der Waals surface area contributed by atoms with Crippen molar-refractivity contribution in [3.8, 4) is 0 Å². The van der Waals surface area contributed by atoms with Crippen LogP contribution in [-0.4, -0.2) is 90.7 Å². The van der Waals surface area contributed by atoms with Crippen LogP contribution in [0.2, 0.25) is 0 Å². The van der Waals surface area contributed by atoms with Crippen molar-refractivity contribution in [2.24, 2.45) is 0 Å². The maximum absolute atomic E-state index is 14.1. The van der Waals surface area contributed by atoms with E-state index in [2.05, 4.69) is 10.0 Å². The van der Waals surface area contributed by atoms with Crippen molar-refractivity contribution in [2.45, 2.75) is 45.1 Å². The van der Waals surface area contributed by atoms with Crippen LogP contribution in [0.3, 0.4) is 0 Å². The van der Waals surface area contributed by atoms with Crippen molar-refractivity contribution in [2.75, 3.05) is 31.1 Å². The van der Waals surface area contributed by atoms with Gasteiger partial charge in [0.2, 0.25) is 21.8 Å². The Labute approximate surface area is 246 Å². The quantitative estimate of drug-likeness (QED) is 0.415. The van der Waals surface area contributed by atoms with Gasteiger partial charge in [-0.05, 0) is 47.9 Å². The number of anilines is 1. The van der Waals surface area contributed by atoms with E-state index >= 15 is 0 Å². The molecule has 5 rings (SSSR count). The van der Waals surface area contributed by atoms with Gasteiger partial charge in [0, 0.05) is 31.7 Å². The molecule has 2 heterocycles. The number of rotatable bonds is 8. The topological polar surface area (TPSA) is 122 Å². The van der Waals surface area contributed by atoms with Crippen molar-refractivity contribution in [1.29, 1.82) is 0 Å². The van der Waals surface area contributed by atoms with Crippen LogP contribution in [0.5, 0.6) is 0 Å². The molecular weight excluding hydrogens is 556 g/mol. The molecule has 2 aliphatic heterocycles. The third-order valence-electron chi connectivity index (χ3n) is 7.68. The fourth-order valence-corrected chi connectivity index (χ4v) is 6.47. The molecular formula is C30H36N6O5S. The van der Waals surface area contributed by atoms with Gasteiger partial charge in [-0.15, -0.1) is 0 Å². The maximum Gasteiger partial charge on any atom is 0.331 e. The average Bonchev–Trinajstić information content (AvgIpc) is 3.26. The van der Waals surface area contributed by atoms with Crippen molar-refractivity contribution in [3.05, 3.63) is 77.9 Å². The predicted octanol–water partition coefficient (Wildman–Crippen LogP) is 2.60. The van der Waals surface area contributed by atoms with E-state index in [-0.39, 0.29) is 43.4 Å². The Hall–Kier alpha value is -4.16. The number of piperazine rings is 1. The maximum atomic E-state index is 14.1. The van der Waals surface area contributed by atoms with Crippen molar-refractivity contribution < 1.29 is 22.8 Å². The molecule has 3 aromatic carbocycles. The van der Waals surface area contributed by atoms with Crippen molar-refractivity contribution in [3.63, 3.8) is 0 Å². The van der Waals surface area contributed by atoms with Crippen LogP contribution in [0.4, 0.5) is 10.5 Å². The lowest BCUT2D eigenvalue weighted by atomic mass is 9.99. The summed E-state index contributed by atoms with van der Waals surface area (Å²) in [5, 5.41) is 8.11. The standard InChI is InChI=1S/C30H36N6O5S/c1-20(2)36(30(39)31-3)34-19-28(37)35-26(16-21-12-14-24(15-13-21)32-42(4,40)41)29(38)33(18-27(34)35)17-23-10-7-9-22-8-5-6-11-25(22)23/h5-15,20,26-27,32H,16-19H2,1-4H3,(H,31,39)/t26-,27+/m0/s1. The first-order valence-electron chi connectivity index (χ1n) is 13.9. The molecule has 2 N–H and O–H groups in total. The van der Waals surface area contributed by atoms with Gasteiger partial charge < -0.3 is 15.1 Å². The summed E-state index contributed by atoms with van der Waals surface area (Å²) in [4.78, 5) is 44.0. The van der Waals surface area contributed by atoms with Gasteiger partial charge in [-0.1, -0.05) is 54.6 Å². The SMILES string of the molecule is CNC(=O)N(C(C)C)N1CC(=O)N2[C@@H](Cc3ccc(NS(C)(=O)=O)cc3)C(=O)N(Cc3cccc4ccccc34)C[C@@H]21. The molecule has 4 amide bonds. The molecule has 11 nitrogen and oxygen atoms in total. The predicted molar refractivity (Wildman–Crippen MR) is 161 cm³/mol. The summed E-state index contributed by atoms with van der Waals surface area (Å²) < 4.78 is 25.7. The van der Waals surface area contributed by atoms with E-state index in [1.807, 2.05) is 56.3 Å². The van der Waals surface area contributed by atoms with Crippen LogP contribution in [0.1, 0.15) is 25.0 Å². The number of nitrogens with one attached hydrogen (secondary N) is 2. The van der Waals surface area contributed by atoms with Crippen LogP contribution < -0.4 is 10.0 Å². The molecule has 0 bridgehead atoms. The number of benzene rings is 3. The van der Waals surface area contributed by atoms with Crippen LogP contribution in [-0.2, 0) is 32.6 Å². The molecule has 0 aromatic heterocycles. The minimum Gasteiger partial charge on any atom is -0.340 e. The zero-order valence-corrected chi connectivity index (χ0v) is 25.0. The van der Waals surface area contributed by atoms with E-state index in [0.29, 0.717) is 12.2 Å². The fraction of sp³-hybridized carbons (Fsp3) is 0.367. The minimum atomic E-state index is -3.44. The van der Waals surface area contributed by atoms with Gasteiger partial charge in [0.05, 0.1) is 19.3 Å². The molecule has 0 saturated carbocycles. The molecule has 2 atom stereocenters. The molecule has 0 aliphatic carbocycles. The number of amides is 4. The Morgan fingerprint density at radius 2 is 1.71 bits per heavy atom. The van der Waals surface area contributed by atoms with Gasteiger partial charge in [0.25, 0.3) is 0 Å². The lowest BCUT2D eigenvalue weighted by molar-refractivity contribution is -0.158. The number of hydrogen-bond acceptors (Lipinski definition) is 6. The molecule has 42 heavy (non-hydrogen) atoms. The van der Waals surface area contributed by atoms with Gasteiger partial charge in [-0.25, -0.2) is 13.2 Å². The molecule has 2 fully saturated rings. The van der Waals surface area contributed by atoms with Crippen LogP contribution in [0.15, 0.2) is 66.7 Å². The Kier molecular flexibility index (Phi) is 8.11. The fourth-order valence-electron chi connectivity index (χ4n) is 5.91. The van der Waals surface area contributed by atoms with Gasteiger partial charge >= 0.3 is 6.03 Å². The highest BCUT2D eigenvalue weighted by Crippen LogP contribution is 2.32. The molecule has 2 saturated heterocycles. The number of nitrogens with zero attached hydrogens (tertiary/aromatic N) is 4. The summed E-state index contributed by atoms with van der Waals surface area (Å²) in [6.07, 6.45) is 0.777. The summed E-state index contributed by atoms with van der Waals surface area (Å²) in [6, 6.07) is 19.4. The molecule has 222 valence electrons. The molecule has 0 radical (unpaired) electrons. The minimum absolute atomic E-state index is 0.0284. The Bertz CT molecular complexity index is 1600. The van der Waals surface area contributed by atoms with Crippen molar-refractivity contribution in [1.82, 2.24) is 25.1 Å². The van der Waals surface area contributed by atoms with Crippen LogP contribution in [0.25, 0.3) is 10.8 Å². The third kappa shape index (κ3) is 5.90. The second-order valence-electron chi connectivity index (χ2n) is 11.0. The second-order valence-corrected chi connectivity index (χ2v) is 12.8. The van der Waals surface area contributed by atoms with Gasteiger partial charge in [0.15, 0.2) is 0 Å². The van der Waals surface area contributed by atoms with E-state index < -0.39 is 22.2 Å². The van der Waals surface area contributed by atoms with E-state index in [1.54, 1.807) is 51.1 Å². The number of carbonyl (C=O) groups excluding carboxylic acids is 3. The largest absolute Gasteiger partial charge is 0.340 e. The first-order valence-corrected chi connectivity index (χ1v) is 15.8. The Morgan fingerprint density at radius 1 is 1.02 bits per heavy atom. The molecule has 12 heteroatoms.